The van der Waals surface area contributed by atoms with Gasteiger partial charge in [0.25, 0.3) is 0 Å². The van der Waals surface area contributed by atoms with Gasteiger partial charge in [0, 0.05) is 11.1 Å². The lowest BCUT2D eigenvalue weighted by atomic mass is 10.1. The summed E-state index contributed by atoms with van der Waals surface area (Å²) in [6.45, 7) is 2.17. The van der Waals surface area contributed by atoms with Gasteiger partial charge < -0.3 is 9.84 Å². The zero-order valence-corrected chi connectivity index (χ0v) is 11.2. The summed E-state index contributed by atoms with van der Waals surface area (Å²) < 4.78 is 5.75. The summed E-state index contributed by atoms with van der Waals surface area (Å²) in [6.07, 6.45) is 3.89. The summed E-state index contributed by atoms with van der Waals surface area (Å²) in [4.78, 5) is 11.1. The van der Waals surface area contributed by atoms with Crippen LogP contribution in [-0.4, -0.2) is 11.1 Å². The van der Waals surface area contributed by atoms with E-state index in [9.17, 15) is 4.79 Å². The van der Waals surface area contributed by atoms with Crippen LogP contribution < -0.4 is 4.74 Å². The Morgan fingerprint density at radius 3 is 2.60 bits per heavy atom. The number of benzene rings is 2. The second-order valence-electron chi connectivity index (χ2n) is 4.29. The van der Waals surface area contributed by atoms with Crippen LogP contribution in [0.2, 0.25) is 0 Å². The molecule has 2 aromatic rings. The van der Waals surface area contributed by atoms with Crippen molar-refractivity contribution in [3.8, 4) is 5.75 Å². The number of rotatable bonds is 5. The molecule has 102 valence electrons. The van der Waals surface area contributed by atoms with E-state index in [1.807, 2.05) is 49.4 Å². The van der Waals surface area contributed by atoms with Crippen LogP contribution in [0, 0.1) is 0 Å². The molecule has 0 bridgehead atoms. The molecule has 0 spiro atoms. The fourth-order valence-corrected chi connectivity index (χ4v) is 1.94. The molecular formula is C17H16O3. The molecule has 2 rings (SSSR count). The number of allylic oxidation sites excluding steroid dienone is 1. The first kappa shape index (κ1) is 13.9. The quantitative estimate of drug-likeness (QED) is 0.891. The van der Waals surface area contributed by atoms with Crippen LogP contribution in [0.15, 0.2) is 54.6 Å². The molecule has 0 aromatic heterocycles. The topological polar surface area (TPSA) is 46.5 Å². The molecule has 0 aliphatic rings. The summed E-state index contributed by atoms with van der Waals surface area (Å²) in [5.41, 5.74) is 1.91. The maximum absolute atomic E-state index is 11.1. The lowest BCUT2D eigenvalue weighted by Gasteiger charge is -2.10. The molecule has 0 radical (unpaired) electrons. The Bertz CT molecular complexity index is 630. The number of ether oxygens (including phenoxy) is 1. The van der Waals surface area contributed by atoms with Gasteiger partial charge in [-0.2, -0.15) is 0 Å². The third kappa shape index (κ3) is 3.26. The number of carbonyl (C=O) groups is 1. The maximum atomic E-state index is 11.1. The van der Waals surface area contributed by atoms with Crippen molar-refractivity contribution in [3.63, 3.8) is 0 Å². The molecular weight excluding hydrogens is 252 g/mol. The van der Waals surface area contributed by atoms with Gasteiger partial charge in [-0.25, -0.2) is 4.79 Å². The van der Waals surface area contributed by atoms with Crippen molar-refractivity contribution in [1.82, 2.24) is 0 Å². The number of carboxylic acids is 1. The van der Waals surface area contributed by atoms with Gasteiger partial charge in [0.1, 0.15) is 12.4 Å². The fraction of sp³-hybridized carbons (Fsp3) is 0.118. The Labute approximate surface area is 118 Å². The van der Waals surface area contributed by atoms with Gasteiger partial charge in [-0.15, -0.1) is 0 Å². The first-order valence-corrected chi connectivity index (χ1v) is 6.38. The van der Waals surface area contributed by atoms with Crippen LogP contribution >= 0.6 is 0 Å². The van der Waals surface area contributed by atoms with Crippen LogP contribution in [0.3, 0.4) is 0 Å². The van der Waals surface area contributed by atoms with Crippen molar-refractivity contribution in [1.29, 1.82) is 0 Å². The summed E-state index contributed by atoms with van der Waals surface area (Å²) in [5, 5.41) is 9.13. The largest absolute Gasteiger partial charge is 0.488 e. The lowest BCUT2D eigenvalue weighted by Crippen LogP contribution is -2.05. The number of carboxylic acid groups (broad SMARTS) is 1. The van der Waals surface area contributed by atoms with Gasteiger partial charge in [0.15, 0.2) is 0 Å². The molecule has 0 saturated carbocycles. The third-order valence-electron chi connectivity index (χ3n) is 2.90. The third-order valence-corrected chi connectivity index (χ3v) is 2.90. The molecule has 0 unspecified atom stereocenters. The minimum Gasteiger partial charge on any atom is -0.488 e. The van der Waals surface area contributed by atoms with Gasteiger partial charge >= 0.3 is 5.97 Å². The highest BCUT2D eigenvalue weighted by atomic mass is 16.5. The fourth-order valence-electron chi connectivity index (χ4n) is 1.94. The van der Waals surface area contributed by atoms with Crippen LogP contribution in [-0.2, 0) is 6.61 Å². The van der Waals surface area contributed by atoms with Crippen molar-refractivity contribution in [2.45, 2.75) is 13.5 Å². The van der Waals surface area contributed by atoms with Crippen LogP contribution in [0.5, 0.6) is 5.75 Å². The molecule has 2 aromatic carbocycles. The first-order valence-electron chi connectivity index (χ1n) is 6.38. The van der Waals surface area contributed by atoms with Crippen LogP contribution in [0.4, 0.5) is 0 Å². The van der Waals surface area contributed by atoms with E-state index in [0.29, 0.717) is 5.56 Å². The Morgan fingerprint density at radius 1 is 1.15 bits per heavy atom. The van der Waals surface area contributed by atoms with E-state index in [1.54, 1.807) is 18.2 Å². The summed E-state index contributed by atoms with van der Waals surface area (Å²) >= 11 is 0. The first-order chi connectivity index (χ1) is 9.72. The Morgan fingerprint density at radius 2 is 1.85 bits per heavy atom. The molecule has 0 amide bonds. The van der Waals surface area contributed by atoms with Gasteiger partial charge in [-0.3, -0.25) is 0 Å². The van der Waals surface area contributed by atoms with Crippen molar-refractivity contribution in [2.75, 3.05) is 0 Å². The summed E-state index contributed by atoms with van der Waals surface area (Å²) in [5.74, 6) is -0.197. The predicted molar refractivity (Wildman–Crippen MR) is 78.9 cm³/mol. The highest BCUT2D eigenvalue weighted by Crippen LogP contribution is 2.21. The van der Waals surface area contributed by atoms with Crippen molar-refractivity contribution < 1.29 is 14.6 Å². The van der Waals surface area contributed by atoms with E-state index in [1.165, 1.54) is 0 Å². The SMILES string of the molecule is C/C=C/c1ccccc1OCc1ccccc1C(=O)O. The van der Waals surface area contributed by atoms with Gasteiger partial charge in [-0.05, 0) is 19.1 Å². The zero-order chi connectivity index (χ0) is 14.4. The van der Waals surface area contributed by atoms with Crippen LogP contribution in [0.1, 0.15) is 28.4 Å². The Hall–Kier alpha value is -2.55. The highest BCUT2D eigenvalue weighted by Gasteiger charge is 2.09. The molecule has 0 heterocycles. The molecule has 0 fully saturated rings. The van der Waals surface area contributed by atoms with Crippen molar-refractivity contribution >= 4 is 12.0 Å². The van der Waals surface area contributed by atoms with E-state index in [2.05, 4.69) is 0 Å². The lowest BCUT2D eigenvalue weighted by molar-refractivity contribution is 0.0694. The smallest absolute Gasteiger partial charge is 0.336 e. The van der Waals surface area contributed by atoms with Crippen LogP contribution in [0.25, 0.3) is 6.08 Å². The Balaban J connectivity index is 2.19. The van der Waals surface area contributed by atoms with Gasteiger partial charge in [0.05, 0.1) is 5.56 Å². The second-order valence-corrected chi connectivity index (χ2v) is 4.29. The number of hydrogen-bond acceptors (Lipinski definition) is 2. The monoisotopic (exact) mass is 268 g/mol. The summed E-state index contributed by atoms with van der Waals surface area (Å²) in [6, 6.07) is 14.5. The molecule has 3 heteroatoms. The predicted octanol–water partition coefficient (Wildman–Crippen LogP) is 4.00. The van der Waals surface area contributed by atoms with E-state index >= 15 is 0 Å². The minimum absolute atomic E-state index is 0.233. The van der Waals surface area contributed by atoms with Crippen molar-refractivity contribution in [2.24, 2.45) is 0 Å². The molecule has 0 saturated heterocycles. The minimum atomic E-state index is -0.939. The second kappa shape index (κ2) is 6.57. The molecule has 3 nitrogen and oxygen atoms in total. The standard InChI is InChI=1S/C17H16O3/c1-2-7-13-8-4-6-11-16(13)20-12-14-9-3-5-10-15(14)17(18)19/h2-11H,12H2,1H3,(H,18,19)/b7-2+. The molecule has 0 aliphatic carbocycles. The van der Waals surface area contributed by atoms with Crippen molar-refractivity contribution in [3.05, 3.63) is 71.3 Å². The summed E-state index contributed by atoms with van der Waals surface area (Å²) in [7, 11) is 0. The zero-order valence-electron chi connectivity index (χ0n) is 11.2. The molecule has 0 aliphatic heterocycles. The Kier molecular flexibility index (Phi) is 4.56. The van der Waals surface area contributed by atoms with E-state index in [-0.39, 0.29) is 12.2 Å². The molecule has 0 atom stereocenters. The van der Waals surface area contributed by atoms with Gasteiger partial charge in [-0.1, -0.05) is 48.6 Å². The normalized spacial score (nSPS) is 10.7. The molecule has 20 heavy (non-hydrogen) atoms. The van der Waals surface area contributed by atoms with E-state index in [4.69, 9.17) is 9.84 Å². The number of hydrogen-bond donors (Lipinski definition) is 1. The number of para-hydroxylation sites is 1. The van der Waals surface area contributed by atoms with E-state index in [0.717, 1.165) is 11.3 Å². The average molecular weight is 268 g/mol. The van der Waals surface area contributed by atoms with Gasteiger partial charge in [0.2, 0.25) is 0 Å². The average Bonchev–Trinajstić information content (AvgIpc) is 2.47. The highest BCUT2D eigenvalue weighted by molar-refractivity contribution is 5.89. The maximum Gasteiger partial charge on any atom is 0.336 e. The number of aromatic carboxylic acids is 1. The van der Waals surface area contributed by atoms with E-state index < -0.39 is 5.97 Å². The molecule has 1 N–H and O–H groups in total.